The first-order chi connectivity index (χ1) is 10.1. The van der Waals surface area contributed by atoms with Gasteiger partial charge < -0.3 is 11.1 Å². The van der Waals surface area contributed by atoms with E-state index in [4.69, 9.17) is 5.73 Å². The molecule has 3 aromatic rings. The fraction of sp³-hybridized carbons (Fsp3) is 0.0625. The van der Waals surface area contributed by atoms with Crippen LogP contribution in [0.25, 0.3) is 10.1 Å². The van der Waals surface area contributed by atoms with Crippen LogP contribution in [-0.2, 0) is 0 Å². The lowest BCUT2D eigenvalue weighted by molar-refractivity contribution is 0.103. The molecular formula is C16H13IN2OS. The van der Waals surface area contributed by atoms with E-state index in [0.717, 1.165) is 24.9 Å². The summed E-state index contributed by atoms with van der Waals surface area (Å²) in [7, 11) is 0. The molecule has 0 atom stereocenters. The molecule has 0 fully saturated rings. The number of carbonyl (C=O) groups excluding carboxylic acids is 1. The Kier molecular flexibility index (Phi) is 3.86. The Hall–Kier alpha value is -1.60. The molecule has 3 rings (SSSR count). The maximum Gasteiger partial charge on any atom is 0.267 e. The molecule has 5 heteroatoms. The minimum Gasteiger partial charge on any atom is -0.397 e. The maximum absolute atomic E-state index is 12.5. The summed E-state index contributed by atoms with van der Waals surface area (Å²) in [6.45, 7) is 2.02. The molecule has 0 spiro atoms. The van der Waals surface area contributed by atoms with Gasteiger partial charge >= 0.3 is 0 Å². The molecule has 3 nitrogen and oxygen atoms in total. The third-order valence-electron chi connectivity index (χ3n) is 3.21. The Morgan fingerprint density at radius 3 is 2.76 bits per heavy atom. The lowest BCUT2D eigenvalue weighted by Crippen LogP contribution is -2.12. The molecule has 1 heterocycles. The molecule has 0 aliphatic carbocycles. The minimum atomic E-state index is -0.157. The highest BCUT2D eigenvalue weighted by atomic mass is 127. The first-order valence-electron chi connectivity index (χ1n) is 6.41. The molecule has 3 N–H and O–H groups in total. The predicted octanol–water partition coefficient (Wildman–Crippen LogP) is 4.65. The quantitative estimate of drug-likeness (QED) is 0.607. The Labute approximate surface area is 140 Å². The van der Waals surface area contributed by atoms with Gasteiger partial charge in [0.15, 0.2) is 0 Å². The molecule has 21 heavy (non-hydrogen) atoms. The zero-order chi connectivity index (χ0) is 15.0. The molecule has 106 valence electrons. The third-order valence-corrected chi connectivity index (χ3v) is 5.34. The van der Waals surface area contributed by atoms with E-state index in [1.54, 1.807) is 0 Å². The average molecular weight is 408 g/mol. The normalized spacial score (nSPS) is 10.8. The summed E-state index contributed by atoms with van der Waals surface area (Å²) in [6.07, 6.45) is 0. The molecule has 2 aromatic carbocycles. The van der Waals surface area contributed by atoms with Crippen LogP contribution in [0.4, 0.5) is 11.4 Å². The number of hydrogen-bond acceptors (Lipinski definition) is 3. The van der Waals surface area contributed by atoms with E-state index in [1.165, 1.54) is 11.3 Å². The van der Waals surface area contributed by atoms with Gasteiger partial charge in [-0.3, -0.25) is 4.79 Å². The Morgan fingerprint density at radius 2 is 2.00 bits per heavy atom. The van der Waals surface area contributed by atoms with E-state index in [2.05, 4.69) is 27.9 Å². The summed E-state index contributed by atoms with van der Waals surface area (Å²) >= 11 is 3.62. The number of halogens is 1. The molecule has 1 aromatic heterocycles. The number of benzene rings is 2. The van der Waals surface area contributed by atoms with Crippen LogP contribution in [0, 0.1) is 10.5 Å². The molecule has 0 unspecified atom stereocenters. The van der Waals surface area contributed by atoms with Crippen molar-refractivity contribution in [3.63, 3.8) is 0 Å². The minimum absolute atomic E-state index is 0.157. The van der Waals surface area contributed by atoms with E-state index in [0.29, 0.717) is 10.6 Å². The number of fused-ring (bicyclic) bond motifs is 1. The summed E-state index contributed by atoms with van der Waals surface area (Å²) in [4.78, 5) is 13.0. The number of nitrogens with two attached hydrogens (primary N) is 1. The number of hydrogen-bond donors (Lipinski definition) is 2. The van der Waals surface area contributed by atoms with Gasteiger partial charge in [0, 0.05) is 13.7 Å². The summed E-state index contributed by atoms with van der Waals surface area (Å²) < 4.78 is 2.03. The highest BCUT2D eigenvalue weighted by molar-refractivity contribution is 14.1. The van der Waals surface area contributed by atoms with Gasteiger partial charge in [0.25, 0.3) is 5.91 Å². The molecule has 0 saturated heterocycles. The van der Waals surface area contributed by atoms with Crippen molar-refractivity contribution < 1.29 is 4.79 Å². The monoisotopic (exact) mass is 408 g/mol. The van der Waals surface area contributed by atoms with Crippen molar-refractivity contribution in [2.75, 3.05) is 11.1 Å². The number of carbonyl (C=O) groups is 1. The van der Waals surface area contributed by atoms with E-state index in [-0.39, 0.29) is 5.91 Å². The summed E-state index contributed by atoms with van der Waals surface area (Å²) in [5, 5.41) is 3.88. The van der Waals surface area contributed by atoms with Crippen LogP contribution < -0.4 is 11.1 Å². The highest BCUT2D eigenvalue weighted by Gasteiger charge is 2.17. The van der Waals surface area contributed by atoms with E-state index < -0.39 is 0 Å². The van der Waals surface area contributed by atoms with Crippen molar-refractivity contribution in [1.29, 1.82) is 0 Å². The number of nitrogens with one attached hydrogen (secondary N) is 1. The number of aryl methyl sites for hydroxylation is 1. The standard InChI is InChI=1S/C16H13IN2OS/c1-9-6-7-13-10(8-9)14(18)15(21-13)16(20)19-12-5-3-2-4-11(12)17/h2-8H,18H2,1H3,(H,19,20). The van der Waals surface area contributed by atoms with Gasteiger partial charge in [0.05, 0.1) is 11.4 Å². The molecule has 0 aliphatic rings. The van der Waals surface area contributed by atoms with Gasteiger partial charge in [-0.1, -0.05) is 23.8 Å². The van der Waals surface area contributed by atoms with Crippen LogP contribution in [0.15, 0.2) is 42.5 Å². The van der Waals surface area contributed by atoms with Gasteiger partial charge in [0.2, 0.25) is 0 Å². The van der Waals surface area contributed by atoms with Crippen LogP contribution in [0.1, 0.15) is 15.2 Å². The van der Waals surface area contributed by atoms with E-state index in [1.807, 2.05) is 49.4 Å². The molecule has 1 amide bonds. The van der Waals surface area contributed by atoms with Crippen molar-refractivity contribution in [2.45, 2.75) is 6.92 Å². The second kappa shape index (κ2) is 5.65. The number of nitrogen functional groups attached to an aromatic ring is 1. The SMILES string of the molecule is Cc1ccc2sc(C(=O)Nc3ccccc3I)c(N)c2c1. The number of rotatable bonds is 2. The number of anilines is 2. The second-order valence-corrected chi connectivity index (χ2v) is 6.99. The number of para-hydroxylation sites is 1. The van der Waals surface area contributed by atoms with Gasteiger partial charge in [-0.15, -0.1) is 11.3 Å². The summed E-state index contributed by atoms with van der Waals surface area (Å²) in [5.74, 6) is -0.157. The third kappa shape index (κ3) is 2.75. The fourth-order valence-corrected chi connectivity index (χ4v) is 3.66. The summed E-state index contributed by atoms with van der Waals surface area (Å²) in [6, 6.07) is 13.7. The molecule has 0 aliphatic heterocycles. The number of amides is 1. The fourth-order valence-electron chi connectivity index (χ4n) is 2.14. The zero-order valence-corrected chi connectivity index (χ0v) is 14.3. The number of thiophene rings is 1. The first kappa shape index (κ1) is 14.3. The van der Waals surface area contributed by atoms with Crippen molar-refractivity contribution in [3.8, 4) is 0 Å². The van der Waals surface area contributed by atoms with Gasteiger partial charge in [-0.2, -0.15) is 0 Å². The summed E-state index contributed by atoms with van der Waals surface area (Å²) in [5.41, 5.74) is 8.64. The molecule has 0 bridgehead atoms. The Bertz CT molecular complexity index is 841. The van der Waals surface area contributed by atoms with Crippen molar-refractivity contribution in [1.82, 2.24) is 0 Å². The largest absolute Gasteiger partial charge is 0.397 e. The Morgan fingerprint density at radius 1 is 1.24 bits per heavy atom. The van der Waals surface area contributed by atoms with E-state index >= 15 is 0 Å². The molecular weight excluding hydrogens is 395 g/mol. The Balaban J connectivity index is 1.99. The van der Waals surface area contributed by atoms with Crippen LogP contribution in [0.3, 0.4) is 0 Å². The lowest BCUT2D eigenvalue weighted by atomic mass is 10.1. The van der Waals surface area contributed by atoms with Crippen LogP contribution in [-0.4, -0.2) is 5.91 Å². The highest BCUT2D eigenvalue weighted by Crippen LogP contribution is 2.34. The maximum atomic E-state index is 12.5. The predicted molar refractivity (Wildman–Crippen MR) is 98.1 cm³/mol. The van der Waals surface area contributed by atoms with Crippen LogP contribution >= 0.6 is 33.9 Å². The van der Waals surface area contributed by atoms with Gasteiger partial charge in [-0.05, 0) is 53.8 Å². The molecule has 0 radical (unpaired) electrons. The van der Waals surface area contributed by atoms with Crippen LogP contribution in [0.2, 0.25) is 0 Å². The average Bonchev–Trinajstić information content (AvgIpc) is 2.79. The van der Waals surface area contributed by atoms with Crippen molar-refractivity contribution in [3.05, 3.63) is 56.5 Å². The van der Waals surface area contributed by atoms with Crippen molar-refractivity contribution >= 4 is 61.3 Å². The van der Waals surface area contributed by atoms with E-state index in [9.17, 15) is 4.79 Å². The lowest BCUT2D eigenvalue weighted by Gasteiger charge is -2.06. The molecule has 0 saturated carbocycles. The topological polar surface area (TPSA) is 55.1 Å². The first-order valence-corrected chi connectivity index (χ1v) is 8.30. The van der Waals surface area contributed by atoms with Crippen molar-refractivity contribution in [2.24, 2.45) is 0 Å². The smallest absolute Gasteiger partial charge is 0.267 e. The van der Waals surface area contributed by atoms with Gasteiger partial charge in [0.1, 0.15) is 4.88 Å². The second-order valence-electron chi connectivity index (χ2n) is 4.78. The van der Waals surface area contributed by atoms with Gasteiger partial charge in [-0.25, -0.2) is 0 Å². The van der Waals surface area contributed by atoms with Crippen LogP contribution in [0.5, 0.6) is 0 Å². The zero-order valence-electron chi connectivity index (χ0n) is 11.3.